The lowest BCUT2D eigenvalue weighted by molar-refractivity contribution is 1.45. The molecule has 0 atom stereocenters. The highest BCUT2D eigenvalue weighted by molar-refractivity contribution is 5.83. The average molecular weight is 288 g/mol. The third-order valence-electron chi connectivity index (χ3n) is 3.59. The van der Waals surface area contributed by atoms with Gasteiger partial charge in [-0.3, -0.25) is 0 Å². The van der Waals surface area contributed by atoms with E-state index in [4.69, 9.17) is 0 Å². The van der Waals surface area contributed by atoms with Crippen molar-refractivity contribution in [3.05, 3.63) is 83.9 Å². The Bertz CT molecular complexity index is 674. The number of hydrogen-bond acceptors (Lipinski definition) is 0. The Kier molecular flexibility index (Phi) is 5.55. The van der Waals surface area contributed by atoms with E-state index in [2.05, 4.69) is 86.6 Å². The van der Waals surface area contributed by atoms with Gasteiger partial charge in [0.25, 0.3) is 0 Å². The molecule has 0 aromatic heterocycles. The second-order valence-electron chi connectivity index (χ2n) is 5.28. The number of rotatable bonds is 2. The normalized spacial score (nSPS) is 9.82. The SMILES string of the molecule is CC.Cc1cccc(-c2ccccc2-c2cccc(C)c2)c1. The van der Waals surface area contributed by atoms with Gasteiger partial charge in [0.05, 0.1) is 0 Å². The van der Waals surface area contributed by atoms with Gasteiger partial charge in [0.15, 0.2) is 0 Å². The number of hydrogen-bond donors (Lipinski definition) is 0. The van der Waals surface area contributed by atoms with Gasteiger partial charge in [-0.1, -0.05) is 97.8 Å². The van der Waals surface area contributed by atoms with Crippen molar-refractivity contribution in [3.8, 4) is 22.3 Å². The first-order chi connectivity index (χ1) is 10.7. The molecule has 0 heteroatoms. The standard InChI is InChI=1S/C20H18.C2H6/c1-15-7-5-9-17(13-15)19-11-3-4-12-20(19)18-10-6-8-16(2)14-18;1-2/h3-14H,1-2H3;1-2H3. The largest absolute Gasteiger partial charge is 0.0683 e. The molecule has 0 unspecified atom stereocenters. The van der Waals surface area contributed by atoms with Crippen molar-refractivity contribution in [2.24, 2.45) is 0 Å². The summed E-state index contributed by atoms with van der Waals surface area (Å²) in [5.41, 5.74) is 7.73. The minimum Gasteiger partial charge on any atom is -0.0683 e. The fourth-order valence-electron chi connectivity index (χ4n) is 2.61. The van der Waals surface area contributed by atoms with Crippen LogP contribution in [0.4, 0.5) is 0 Å². The minimum atomic E-state index is 1.28. The van der Waals surface area contributed by atoms with Crippen LogP contribution in [0.1, 0.15) is 25.0 Å². The van der Waals surface area contributed by atoms with Gasteiger partial charge in [-0.15, -0.1) is 0 Å². The zero-order valence-electron chi connectivity index (χ0n) is 13.9. The van der Waals surface area contributed by atoms with Crippen molar-refractivity contribution < 1.29 is 0 Å². The van der Waals surface area contributed by atoms with E-state index >= 15 is 0 Å². The number of benzene rings is 3. The predicted octanol–water partition coefficient (Wildman–Crippen LogP) is 6.66. The van der Waals surface area contributed by atoms with Gasteiger partial charge in [-0.25, -0.2) is 0 Å². The molecule has 0 N–H and O–H groups in total. The molecule has 3 aromatic carbocycles. The van der Waals surface area contributed by atoms with Crippen molar-refractivity contribution in [2.75, 3.05) is 0 Å². The van der Waals surface area contributed by atoms with Crippen molar-refractivity contribution in [3.63, 3.8) is 0 Å². The Morgan fingerprint density at radius 1 is 0.500 bits per heavy atom. The van der Waals surface area contributed by atoms with Crippen LogP contribution < -0.4 is 0 Å². The first kappa shape index (κ1) is 16.0. The Balaban J connectivity index is 0.000000847. The molecule has 0 aliphatic heterocycles. The van der Waals surface area contributed by atoms with E-state index in [9.17, 15) is 0 Å². The molecule has 0 aliphatic carbocycles. The van der Waals surface area contributed by atoms with Crippen LogP contribution in [0.3, 0.4) is 0 Å². The van der Waals surface area contributed by atoms with Crippen molar-refractivity contribution in [1.82, 2.24) is 0 Å². The molecule has 22 heavy (non-hydrogen) atoms. The number of aryl methyl sites for hydroxylation is 2. The molecule has 3 rings (SSSR count). The zero-order chi connectivity index (χ0) is 15.9. The smallest absolute Gasteiger partial charge is 0.0105 e. The lowest BCUT2D eigenvalue weighted by atomic mass is 9.93. The zero-order valence-corrected chi connectivity index (χ0v) is 13.9. The summed E-state index contributed by atoms with van der Waals surface area (Å²) >= 11 is 0. The fraction of sp³-hybridized carbons (Fsp3) is 0.182. The van der Waals surface area contributed by atoms with E-state index in [1.165, 1.54) is 33.4 Å². The quantitative estimate of drug-likeness (QED) is 0.494. The summed E-state index contributed by atoms with van der Waals surface area (Å²) in [4.78, 5) is 0. The van der Waals surface area contributed by atoms with Crippen LogP contribution in [0.2, 0.25) is 0 Å². The van der Waals surface area contributed by atoms with Crippen LogP contribution in [0.25, 0.3) is 22.3 Å². The van der Waals surface area contributed by atoms with Gasteiger partial charge in [0.2, 0.25) is 0 Å². The second-order valence-corrected chi connectivity index (χ2v) is 5.28. The van der Waals surface area contributed by atoms with E-state index in [1.807, 2.05) is 13.8 Å². The second kappa shape index (κ2) is 7.61. The molecule has 0 amide bonds. The molecular weight excluding hydrogens is 264 g/mol. The summed E-state index contributed by atoms with van der Waals surface area (Å²) in [6, 6.07) is 26.0. The molecule has 3 aromatic rings. The molecule has 0 aliphatic rings. The summed E-state index contributed by atoms with van der Waals surface area (Å²) in [5, 5.41) is 0. The monoisotopic (exact) mass is 288 g/mol. The van der Waals surface area contributed by atoms with Gasteiger partial charge < -0.3 is 0 Å². The Labute approximate surface area is 134 Å². The average Bonchev–Trinajstić information content (AvgIpc) is 2.57. The van der Waals surface area contributed by atoms with Gasteiger partial charge in [-0.05, 0) is 36.1 Å². The lowest BCUT2D eigenvalue weighted by Crippen LogP contribution is -1.86. The Morgan fingerprint density at radius 3 is 1.27 bits per heavy atom. The highest BCUT2D eigenvalue weighted by Gasteiger charge is 2.06. The van der Waals surface area contributed by atoms with E-state index in [1.54, 1.807) is 0 Å². The van der Waals surface area contributed by atoms with Gasteiger partial charge in [0.1, 0.15) is 0 Å². The third-order valence-corrected chi connectivity index (χ3v) is 3.59. The predicted molar refractivity (Wildman–Crippen MR) is 98.1 cm³/mol. The first-order valence-corrected chi connectivity index (χ1v) is 7.97. The van der Waals surface area contributed by atoms with Crippen LogP contribution in [-0.4, -0.2) is 0 Å². The van der Waals surface area contributed by atoms with Crippen LogP contribution in [0.5, 0.6) is 0 Å². The molecule has 0 saturated carbocycles. The van der Waals surface area contributed by atoms with Gasteiger partial charge in [-0.2, -0.15) is 0 Å². The van der Waals surface area contributed by atoms with Crippen LogP contribution in [-0.2, 0) is 0 Å². The van der Waals surface area contributed by atoms with Crippen molar-refractivity contribution in [2.45, 2.75) is 27.7 Å². The summed E-state index contributed by atoms with van der Waals surface area (Å²) in [7, 11) is 0. The Hall–Kier alpha value is -2.34. The Morgan fingerprint density at radius 2 is 0.909 bits per heavy atom. The molecule has 0 radical (unpaired) electrons. The maximum atomic E-state index is 2.24. The van der Waals surface area contributed by atoms with Gasteiger partial charge >= 0.3 is 0 Å². The molecule has 112 valence electrons. The molecule has 0 bridgehead atoms. The fourth-order valence-corrected chi connectivity index (χ4v) is 2.61. The summed E-state index contributed by atoms with van der Waals surface area (Å²) < 4.78 is 0. The molecule has 0 nitrogen and oxygen atoms in total. The maximum Gasteiger partial charge on any atom is -0.0105 e. The summed E-state index contributed by atoms with van der Waals surface area (Å²) in [6.45, 7) is 8.28. The van der Waals surface area contributed by atoms with Crippen LogP contribution in [0.15, 0.2) is 72.8 Å². The highest BCUT2D eigenvalue weighted by Crippen LogP contribution is 2.32. The maximum absolute atomic E-state index is 2.24. The highest BCUT2D eigenvalue weighted by atomic mass is 14.1. The topological polar surface area (TPSA) is 0 Å². The molecule has 0 fully saturated rings. The van der Waals surface area contributed by atoms with E-state index in [0.717, 1.165) is 0 Å². The van der Waals surface area contributed by atoms with E-state index in [-0.39, 0.29) is 0 Å². The van der Waals surface area contributed by atoms with Crippen LogP contribution >= 0.6 is 0 Å². The molecular formula is C22H24. The molecule has 0 saturated heterocycles. The van der Waals surface area contributed by atoms with Crippen molar-refractivity contribution >= 4 is 0 Å². The van der Waals surface area contributed by atoms with E-state index in [0.29, 0.717) is 0 Å². The lowest BCUT2D eigenvalue weighted by Gasteiger charge is -2.11. The summed E-state index contributed by atoms with van der Waals surface area (Å²) in [5.74, 6) is 0. The van der Waals surface area contributed by atoms with Gasteiger partial charge in [0, 0.05) is 0 Å². The summed E-state index contributed by atoms with van der Waals surface area (Å²) in [6.07, 6.45) is 0. The molecule has 0 heterocycles. The minimum absolute atomic E-state index is 1.28. The van der Waals surface area contributed by atoms with E-state index < -0.39 is 0 Å². The molecule has 0 spiro atoms. The first-order valence-electron chi connectivity index (χ1n) is 7.97. The van der Waals surface area contributed by atoms with Crippen molar-refractivity contribution in [1.29, 1.82) is 0 Å². The third kappa shape index (κ3) is 3.65. The van der Waals surface area contributed by atoms with Crippen LogP contribution in [0, 0.1) is 13.8 Å².